The number of hydrogen-bond acceptors (Lipinski definition) is 7. The molecule has 1 aliphatic rings. The van der Waals surface area contributed by atoms with Crippen LogP contribution in [0.4, 0.5) is 20.3 Å². The van der Waals surface area contributed by atoms with E-state index in [0.29, 0.717) is 58.9 Å². The van der Waals surface area contributed by atoms with Crippen LogP contribution in [-0.4, -0.2) is 103 Å². The van der Waals surface area contributed by atoms with Gasteiger partial charge in [-0.15, -0.1) is 0 Å². The van der Waals surface area contributed by atoms with Gasteiger partial charge in [-0.25, -0.2) is 22.8 Å². The molecule has 11 nitrogen and oxygen atoms in total. The lowest BCUT2D eigenvalue weighted by molar-refractivity contribution is -0.862. The molecule has 0 aliphatic carbocycles. The number of quaternary nitrogens is 1. The quantitative estimate of drug-likeness (QED) is 0.283. The molecule has 0 saturated carbocycles. The standard InChI is InChI=1S/C30H36F2N7O4S/c1-6-20-17-21(7-10-25(20)44(41,42)37-15-13-36(14-16-37)26(40)19-39(2,3)4)35-29-30-34-18-23(38(30)12-11-33-29)22-8-9-24(43-5)28(32)27(22)31/h7-12,17-18H,6,13-16,19H2,1-5H3,(H,33,35)/q+1. The first-order valence-electron chi connectivity index (χ1n) is 14.2. The lowest BCUT2D eigenvalue weighted by Gasteiger charge is -2.35. The first-order valence-corrected chi connectivity index (χ1v) is 15.6. The van der Waals surface area contributed by atoms with E-state index >= 15 is 0 Å². The van der Waals surface area contributed by atoms with Gasteiger partial charge in [-0.05, 0) is 42.3 Å². The van der Waals surface area contributed by atoms with Gasteiger partial charge in [0, 0.05) is 49.8 Å². The molecule has 14 heteroatoms. The molecule has 0 unspecified atom stereocenters. The summed E-state index contributed by atoms with van der Waals surface area (Å²) in [6.45, 7) is 3.35. The molecule has 4 aromatic rings. The zero-order valence-corrected chi connectivity index (χ0v) is 26.2. The van der Waals surface area contributed by atoms with E-state index in [2.05, 4.69) is 15.3 Å². The van der Waals surface area contributed by atoms with Crippen LogP contribution in [0.2, 0.25) is 0 Å². The SMILES string of the molecule is CCc1cc(Nc2nccn3c(-c4ccc(OC)c(F)c4F)cnc23)ccc1S(=O)(=O)N1CCN(C(=O)C[N+](C)(C)C)CC1. The summed E-state index contributed by atoms with van der Waals surface area (Å²) in [4.78, 5) is 23.3. The number of carbonyl (C=O) groups is 1. The Balaban J connectivity index is 1.37. The highest BCUT2D eigenvalue weighted by Crippen LogP contribution is 2.32. The molecule has 1 fully saturated rings. The second-order valence-corrected chi connectivity index (χ2v) is 13.5. The Labute approximate surface area is 255 Å². The van der Waals surface area contributed by atoms with E-state index in [-0.39, 0.29) is 35.2 Å². The Hall–Kier alpha value is -4.14. The third-order valence-corrected chi connectivity index (χ3v) is 9.49. The molecule has 1 N–H and O–H groups in total. The summed E-state index contributed by atoms with van der Waals surface area (Å²) in [6.07, 6.45) is 4.98. The van der Waals surface area contributed by atoms with Crippen LogP contribution in [0.15, 0.2) is 53.8 Å². The number of sulfonamides is 1. The fourth-order valence-electron chi connectivity index (χ4n) is 5.24. The highest BCUT2D eigenvalue weighted by atomic mass is 32.2. The number of methoxy groups -OCH3 is 1. The Bertz CT molecular complexity index is 1810. The van der Waals surface area contributed by atoms with Gasteiger partial charge < -0.3 is 19.4 Å². The topological polar surface area (TPSA) is 109 Å². The number of carbonyl (C=O) groups excluding carboxylic acids is 1. The number of likely N-dealkylation sites (N-methyl/N-ethyl adjacent to an activating group) is 1. The maximum Gasteiger partial charge on any atom is 0.277 e. The number of imidazole rings is 1. The third kappa shape index (κ3) is 6.10. The summed E-state index contributed by atoms with van der Waals surface area (Å²) in [6, 6.07) is 7.74. The zero-order chi connectivity index (χ0) is 31.8. The molecular formula is C30H36F2N7O4S+. The van der Waals surface area contributed by atoms with Crippen LogP contribution in [0.3, 0.4) is 0 Å². The van der Waals surface area contributed by atoms with Crippen LogP contribution >= 0.6 is 0 Å². The fraction of sp³-hybridized carbons (Fsp3) is 0.367. The van der Waals surface area contributed by atoms with Crippen LogP contribution in [0, 0.1) is 11.6 Å². The number of aromatic nitrogens is 3. The number of benzene rings is 2. The van der Waals surface area contributed by atoms with Crippen molar-refractivity contribution in [2.75, 3.05) is 66.3 Å². The van der Waals surface area contributed by atoms with Crippen molar-refractivity contribution in [3.63, 3.8) is 0 Å². The maximum absolute atomic E-state index is 14.9. The van der Waals surface area contributed by atoms with E-state index in [1.165, 1.54) is 35.9 Å². The normalized spacial score (nSPS) is 14.7. The van der Waals surface area contributed by atoms with Gasteiger partial charge in [0.2, 0.25) is 15.8 Å². The Kier molecular flexibility index (Phi) is 8.60. The zero-order valence-electron chi connectivity index (χ0n) is 25.3. The van der Waals surface area contributed by atoms with Crippen molar-refractivity contribution in [1.82, 2.24) is 23.6 Å². The van der Waals surface area contributed by atoms with Crippen molar-refractivity contribution in [3.05, 3.63) is 66.1 Å². The maximum atomic E-state index is 14.9. The largest absolute Gasteiger partial charge is 0.494 e. The summed E-state index contributed by atoms with van der Waals surface area (Å²) < 4.78 is 65.0. The summed E-state index contributed by atoms with van der Waals surface area (Å²) in [5, 5.41) is 3.19. The number of anilines is 2. The average molecular weight is 629 g/mol. The smallest absolute Gasteiger partial charge is 0.277 e. The molecule has 1 aliphatic heterocycles. The van der Waals surface area contributed by atoms with Gasteiger partial charge in [0.1, 0.15) is 0 Å². The van der Waals surface area contributed by atoms with E-state index in [1.807, 2.05) is 28.1 Å². The predicted molar refractivity (Wildman–Crippen MR) is 162 cm³/mol. The van der Waals surface area contributed by atoms with E-state index < -0.39 is 21.7 Å². The number of aryl methyl sites for hydroxylation is 1. The molecule has 2 aromatic carbocycles. The molecule has 234 valence electrons. The van der Waals surface area contributed by atoms with E-state index in [9.17, 15) is 22.0 Å². The number of piperazine rings is 1. The van der Waals surface area contributed by atoms with Crippen LogP contribution in [0.5, 0.6) is 5.75 Å². The second kappa shape index (κ2) is 12.1. The number of hydrogen-bond donors (Lipinski definition) is 1. The number of halogens is 2. The Morgan fingerprint density at radius 1 is 1.05 bits per heavy atom. The highest BCUT2D eigenvalue weighted by molar-refractivity contribution is 7.89. The summed E-state index contributed by atoms with van der Waals surface area (Å²) in [5.41, 5.74) is 1.90. The number of amides is 1. The van der Waals surface area contributed by atoms with Gasteiger partial charge in [0.25, 0.3) is 5.91 Å². The van der Waals surface area contributed by atoms with E-state index in [1.54, 1.807) is 33.7 Å². The van der Waals surface area contributed by atoms with Crippen molar-refractivity contribution in [3.8, 4) is 17.0 Å². The molecule has 44 heavy (non-hydrogen) atoms. The number of rotatable bonds is 9. The van der Waals surface area contributed by atoms with Crippen LogP contribution in [-0.2, 0) is 21.2 Å². The van der Waals surface area contributed by atoms with Gasteiger partial charge in [0.05, 0.1) is 45.0 Å². The van der Waals surface area contributed by atoms with E-state index in [4.69, 9.17) is 4.74 Å². The summed E-state index contributed by atoms with van der Waals surface area (Å²) in [7, 11) is 3.30. The van der Waals surface area contributed by atoms with Gasteiger partial charge >= 0.3 is 0 Å². The number of fused-ring (bicyclic) bond motifs is 1. The average Bonchev–Trinajstić information content (AvgIpc) is 3.42. The lowest BCUT2D eigenvalue weighted by Crippen LogP contribution is -2.54. The molecule has 0 bridgehead atoms. The van der Waals surface area contributed by atoms with Gasteiger partial charge in [-0.2, -0.15) is 8.70 Å². The fourth-order valence-corrected chi connectivity index (χ4v) is 6.94. The van der Waals surface area contributed by atoms with Crippen molar-refractivity contribution in [2.24, 2.45) is 0 Å². The lowest BCUT2D eigenvalue weighted by atomic mass is 10.1. The number of nitrogens with one attached hydrogen (secondary N) is 1. The second-order valence-electron chi connectivity index (χ2n) is 11.6. The molecule has 0 atom stereocenters. The summed E-state index contributed by atoms with van der Waals surface area (Å²) in [5.74, 6) is -1.99. The van der Waals surface area contributed by atoms with Gasteiger partial charge in [-0.3, -0.25) is 9.20 Å². The minimum Gasteiger partial charge on any atom is -0.494 e. The first kappa shape index (κ1) is 31.3. The van der Waals surface area contributed by atoms with Gasteiger partial charge in [0.15, 0.2) is 29.6 Å². The molecule has 3 heterocycles. The highest BCUT2D eigenvalue weighted by Gasteiger charge is 2.32. The molecule has 1 saturated heterocycles. The van der Waals surface area contributed by atoms with Crippen molar-refractivity contribution in [2.45, 2.75) is 18.2 Å². The van der Waals surface area contributed by atoms with Crippen LogP contribution in [0.1, 0.15) is 12.5 Å². The van der Waals surface area contributed by atoms with E-state index in [0.717, 1.165) is 0 Å². The van der Waals surface area contributed by atoms with Crippen molar-refractivity contribution < 1.29 is 31.2 Å². The predicted octanol–water partition coefficient (Wildman–Crippen LogP) is 3.53. The summed E-state index contributed by atoms with van der Waals surface area (Å²) >= 11 is 0. The van der Waals surface area contributed by atoms with Crippen LogP contribution in [0.25, 0.3) is 16.9 Å². The minimum atomic E-state index is -3.80. The third-order valence-electron chi connectivity index (χ3n) is 7.49. The minimum absolute atomic E-state index is 0.00810. The molecule has 1 amide bonds. The first-order chi connectivity index (χ1) is 20.8. The van der Waals surface area contributed by atoms with Crippen LogP contribution < -0.4 is 10.1 Å². The van der Waals surface area contributed by atoms with Crippen molar-refractivity contribution in [1.29, 1.82) is 0 Å². The molecule has 5 rings (SSSR count). The van der Waals surface area contributed by atoms with Crippen molar-refractivity contribution >= 4 is 33.1 Å². The molecule has 0 spiro atoms. The molecule has 2 aromatic heterocycles. The monoisotopic (exact) mass is 628 g/mol. The number of nitrogens with zero attached hydrogens (tertiary/aromatic N) is 6. The van der Waals surface area contributed by atoms with Gasteiger partial charge in [-0.1, -0.05) is 6.92 Å². The molecular weight excluding hydrogens is 592 g/mol. The Morgan fingerprint density at radius 2 is 1.77 bits per heavy atom. The number of ether oxygens (including phenoxy) is 1. The molecule has 0 radical (unpaired) electrons. The Morgan fingerprint density at radius 3 is 2.43 bits per heavy atom.